The standard InChI is InChI=1S/C27H32F3N3O4S/c1-3-4-8-15-38-23(17-34)33-24(35)18(2)31-26(37)22(16-19-9-6-5-7-10-19)32-25(36)20-11-13-21(14-12-20)27(28,29)30/h5-7,9-14,17-18,22-23H,3-4,8,15-16H2,1-2H3,(H,31,37)(H,32,36)(H,33,35). The number of benzene rings is 2. The minimum absolute atomic E-state index is 0.0522. The molecule has 0 saturated carbocycles. The number of unbranched alkanes of at least 4 members (excludes halogenated alkanes) is 2. The Bertz CT molecular complexity index is 1070. The molecular formula is C27H32F3N3O4S. The van der Waals surface area contributed by atoms with Gasteiger partial charge in [0.2, 0.25) is 11.8 Å². The summed E-state index contributed by atoms with van der Waals surface area (Å²) >= 11 is 1.30. The Morgan fingerprint density at radius 1 is 0.921 bits per heavy atom. The first-order valence-electron chi connectivity index (χ1n) is 12.2. The fourth-order valence-corrected chi connectivity index (χ4v) is 4.34. The second-order valence-electron chi connectivity index (χ2n) is 8.66. The van der Waals surface area contributed by atoms with Gasteiger partial charge in [-0.15, -0.1) is 11.8 Å². The monoisotopic (exact) mass is 551 g/mol. The average molecular weight is 552 g/mol. The number of hydrogen-bond acceptors (Lipinski definition) is 5. The van der Waals surface area contributed by atoms with Gasteiger partial charge in [0.05, 0.1) is 5.56 Å². The predicted octanol–water partition coefficient (Wildman–Crippen LogP) is 4.12. The van der Waals surface area contributed by atoms with Crippen LogP contribution in [0.4, 0.5) is 13.2 Å². The molecule has 0 aliphatic rings. The zero-order chi connectivity index (χ0) is 28.1. The van der Waals surface area contributed by atoms with Crippen molar-refractivity contribution in [2.24, 2.45) is 0 Å². The first kappa shape index (κ1) is 30.9. The zero-order valence-electron chi connectivity index (χ0n) is 21.2. The van der Waals surface area contributed by atoms with Crippen LogP contribution in [0.1, 0.15) is 54.6 Å². The van der Waals surface area contributed by atoms with Crippen LogP contribution in [0, 0.1) is 0 Å². The second-order valence-corrected chi connectivity index (χ2v) is 9.91. The molecule has 11 heteroatoms. The van der Waals surface area contributed by atoms with Crippen LogP contribution in [-0.4, -0.2) is 47.2 Å². The van der Waals surface area contributed by atoms with E-state index in [1.807, 2.05) is 0 Å². The van der Waals surface area contributed by atoms with Crippen molar-refractivity contribution in [3.63, 3.8) is 0 Å². The van der Waals surface area contributed by atoms with Gasteiger partial charge >= 0.3 is 6.18 Å². The lowest BCUT2D eigenvalue weighted by molar-refractivity contribution is -0.137. The summed E-state index contributed by atoms with van der Waals surface area (Å²) in [5.74, 6) is -1.26. The summed E-state index contributed by atoms with van der Waals surface area (Å²) in [5.41, 5.74) is -0.227. The van der Waals surface area contributed by atoms with Gasteiger partial charge in [-0.2, -0.15) is 13.2 Å². The third-order valence-electron chi connectivity index (χ3n) is 5.58. The van der Waals surface area contributed by atoms with E-state index < -0.39 is 46.9 Å². The summed E-state index contributed by atoms with van der Waals surface area (Å²) in [7, 11) is 0. The van der Waals surface area contributed by atoms with Crippen molar-refractivity contribution < 1.29 is 32.3 Å². The first-order chi connectivity index (χ1) is 18.0. The lowest BCUT2D eigenvalue weighted by atomic mass is 10.0. The minimum Gasteiger partial charge on any atom is -0.343 e. The topological polar surface area (TPSA) is 104 Å². The summed E-state index contributed by atoms with van der Waals surface area (Å²) < 4.78 is 38.6. The quantitative estimate of drug-likeness (QED) is 0.186. The molecule has 0 fully saturated rings. The maximum atomic E-state index is 13.1. The van der Waals surface area contributed by atoms with Gasteiger partial charge in [-0.25, -0.2) is 0 Å². The van der Waals surface area contributed by atoms with Crippen LogP contribution >= 0.6 is 11.8 Å². The van der Waals surface area contributed by atoms with E-state index in [1.165, 1.54) is 18.7 Å². The normalized spacial score (nSPS) is 13.6. The SMILES string of the molecule is CCCCCSC(C=O)NC(=O)C(C)NC(=O)C(Cc1ccccc1)NC(=O)c1ccc(C(F)(F)F)cc1. The fourth-order valence-electron chi connectivity index (χ4n) is 3.43. The highest BCUT2D eigenvalue weighted by molar-refractivity contribution is 8.00. The molecule has 38 heavy (non-hydrogen) atoms. The Morgan fingerprint density at radius 2 is 1.58 bits per heavy atom. The Balaban J connectivity index is 2.07. The van der Waals surface area contributed by atoms with Crippen LogP contribution < -0.4 is 16.0 Å². The van der Waals surface area contributed by atoms with Crippen LogP contribution in [0.15, 0.2) is 54.6 Å². The first-order valence-corrected chi connectivity index (χ1v) is 13.3. The van der Waals surface area contributed by atoms with Crippen molar-refractivity contribution in [2.75, 3.05) is 5.75 Å². The van der Waals surface area contributed by atoms with E-state index in [-0.39, 0.29) is 12.0 Å². The number of carbonyl (C=O) groups is 4. The number of carbonyl (C=O) groups excluding carboxylic acids is 4. The molecule has 3 unspecified atom stereocenters. The highest BCUT2D eigenvalue weighted by Crippen LogP contribution is 2.29. The van der Waals surface area contributed by atoms with Gasteiger partial charge < -0.3 is 20.7 Å². The number of amides is 3. The zero-order valence-corrected chi connectivity index (χ0v) is 22.0. The molecule has 0 aliphatic carbocycles. The van der Waals surface area contributed by atoms with Gasteiger partial charge in [0.1, 0.15) is 17.5 Å². The molecule has 0 saturated heterocycles. The van der Waals surface area contributed by atoms with E-state index in [1.54, 1.807) is 30.3 Å². The molecule has 0 bridgehead atoms. The Hall–Kier alpha value is -3.34. The van der Waals surface area contributed by atoms with Crippen molar-refractivity contribution in [1.29, 1.82) is 0 Å². The molecule has 0 spiro atoms. The number of rotatable bonds is 14. The molecule has 0 aliphatic heterocycles. The number of alkyl halides is 3. The van der Waals surface area contributed by atoms with Crippen molar-refractivity contribution in [3.05, 3.63) is 71.3 Å². The Morgan fingerprint density at radius 3 is 2.16 bits per heavy atom. The summed E-state index contributed by atoms with van der Waals surface area (Å²) in [6.45, 7) is 3.51. The maximum Gasteiger partial charge on any atom is 0.416 e. The van der Waals surface area contributed by atoms with Gasteiger partial charge in [0, 0.05) is 12.0 Å². The van der Waals surface area contributed by atoms with Crippen LogP contribution in [0.5, 0.6) is 0 Å². The Labute approximate surface area is 224 Å². The lowest BCUT2D eigenvalue weighted by Gasteiger charge is -2.22. The molecular weight excluding hydrogens is 519 g/mol. The maximum absolute atomic E-state index is 13.1. The molecule has 0 heterocycles. The molecule has 7 nitrogen and oxygen atoms in total. The number of halogens is 3. The number of aldehydes is 1. The average Bonchev–Trinajstić information content (AvgIpc) is 2.89. The third kappa shape index (κ3) is 10.2. The summed E-state index contributed by atoms with van der Waals surface area (Å²) in [4.78, 5) is 49.8. The van der Waals surface area contributed by atoms with E-state index in [0.29, 0.717) is 12.0 Å². The van der Waals surface area contributed by atoms with Crippen LogP contribution in [-0.2, 0) is 27.0 Å². The summed E-state index contributed by atoms with van der Waals surface area (Å²) in [6.07, 6.45) is -0.879. The smallest absolute Gasteiger partial charge is 0.343 e. The second kappa shape index (κ2) is 15.2. The predicted molar refractivity (Wildman–Crippen MR) is 140 cm³/mol. The number of thioether (sulfide) groups is 1. The molecule has 2 aromatic carbocycles. The number of hydrogen-bond donors (Lipinski definition) is 3. The molecule has 3 N–H and O–H groups in total. The van der Waals surface area contributed by atoms with Crippen molar-refractivity contribution >= 4 is 35.8 Å². The van der Waals surface area contributed by atoms with Gasteiger partial charge in [-0.1, -0.05) is 50.1 Å². The largest absolute Gasteiger partial charge is 0.416 e. The van der Waals surface area contributed by atoms with Crippen LogP contribution in [0.2, 0.25) is 0 Å². The third-order valence-corrected chi connectivity index (χ3v) is 6.70. The molecule has 2 rings (SSSR count). The molecule has 0 radical (unpaired) electrons. The van der Waals surface area contributed by atoms with Gasteiger partial charge in [-0.3, -0.25) is 14.4 Å². The van der Waals surface area contributed by atoms with Crippen LogP contribution in [0.3, 0.4) is 0 Å². The van der Waals surface area contributed by atoms with Crippen molar-refractivity contribution in [2.45, 2.75) is 63.2 Å². The summed E-state index contributed by atoms with van der Waals surface area (Å²) in [6, 6.07) is 10.3. The highest BCUT2D eigenvalue weighted by Gasteiger charge is 2.31. The Kier molecular flexibility index (Phi) is 12.3. The minimum atomic E-state index is -4.54. The molecule has 3 atom stereocenters. The van der Waals surface area contributed by atoms with Gasteiger partial charge in [0.15, 0.2) is 6.29 Å². The molecule has 2 aromatic rings. The van der Waals surface area contributed by atoms with E-state index in [9.17, 15) is 32.3 Å². The molecule has 0 aromatic heterocycles. The summed E-state index contributed by atoms with van der Waals surface area (Å²) in [5, 5.41) is 6.94. The fraction of sp³-hybridized carbons (Fsp3) is 0.407. The van der Waals surface area contributed by atoms with E-state index >= 15 is 0 Å². The van der Waals surface area contributed by atoms with E-state index in [0.717, 1.165) is 49.1 Å². The van der Waals surface area contributed by atoms with Gasteiger partial charge in [-0.05, 0) is 48.9 Å². The molecule has 206 valence electrons. The van der Waals surface area contributed by atoms with E-state index in [2.05, 4.69) is 22.9 Å². The van der Waals surface area contributed by atoms with Gasteiger partial charge in [0.25, 0.3) is 5.91 Å². The van der Waals surface area contributed by atoms with Crippen molar-refractivity contribution in [3.8, 4) is 0 Å². The molecule has 3 amide bonds. The highest BCUT2D eigenvalue weighted by atomic mass is 32.2. The van der Waals surface area contributed by atoms with Crippen molar-refractivity contribution in [1.82, 2.24) is 16.0 Å². The lowest BCUT2D eigenvalue weighted by Crippen LogP contribution is -2.54. The van der Waals surface area contributed by atoms with E-state index in [4.69, 9.17) is 0 Å². The van der Waals surface area contributed by atoms with Crippen LogP contribution in [0.25, 0.3) is 0 Å². The number of nitrogens with one attached hydrogen (secondary N) is 3.